The van der Waals surface area contributed by atoms with Crippen molar-refractivity contribution in [1.82, 2.24) is 5.32 Å². The van der Waals surface area contributed by atoms with Crippen molar-refractivity contribution in [1.29, 1.82) is 0 Å². The molecule has 1 aliphatic heterocycles. The Kier molecular flexibility index (Phi) is 6.90. The van der Waals surface area contributed by atoms with Gasteiger partial charge in [0, 0.05) is 12.8 Å². The van der Waals surface area contributed by atoms with E-state index in [-0.39, 0.29) is 12.1 Å². The van der Waals surface area contributed by atoms with Crippen LogP contribution in [0.5, 0.6) is 11.5 Å². The number of carbonyl (C=O) groups is 1. The molecule has 3 rings (SSSR count). The van der Waals surface area contributed by atoms with E-state index in [0.717, 1.165) is 11.3 Å². The molecule has 0 bridgehead atoms. The number of anilines is 1. The van der Waals surface area contributed by atoms with Crippen LogP contribution >= 0.6 is 0 Å². The smallest absolute Gasteiger partial charge is 0.319 e. The fourth-order valence-electron chi connectivity index (χ4n) is 2.62. The maximum Gasteiger partial charge on any atom is 0.319 e. The normalized spacial score (nSPS) is 15.2. The number of ether oxygens (including phenoxy) is 4. The van der Waals surface area contributed by atoms with E-state index in [1.807, 2.05) is 48.5 Å². The van der Waals surface area contributed by atoms with Crippen LogP contribution in [0.25, 0.3) is 0 Å². The Bertz CT molecular complexity index is 753. The summed E-state index contributed by atoms with van der Waals surface area (Å²) in [5, 5.41) is 5.62. The lowest BCUT2D eigenvalue weighted by atomic mass is 10.2. The minimum absolute atomic E-state index is 0.230. The molecule has 1 atom stereocenters. The SMILES string of the molecule is COCCOCc1cccc(NC(=O)NC[C@@H]2COc3ccccc3O2)c1. The van der Waals surface area contributed by atoms with Crippen LogP contribution in [-0.4, -0.2) is 45.6 Å². The van der Waals surface area contributed by atoms with Crippen molar-refractivity contribution in [3.63, 3.8) is 0 Å². The number of para-hydroxylation sites is 2. The first kappa shape index (κ1) is 19.0. The number of rotatable bonds is 8. The number of urea groups is 1. The van der Waals surface area contributed by atoms with Crippen molar-refractivity contribution in [3.05, 3.63) is 54.1 Å². The molecule has 7 nitrogen and oxygen atoms in total. The van der Waals surface area contributed by atoms with Crippen LogP contribution < -0.4 is 20.1 Å². The van der Waals surface area contributed by atoms with Crippen LogP contribution in [0.3, 0.4) is 0 Å². The summed E-state index contributed by atoms with van der Waals surface area (Å²) in [7, 11) is 1.63. The van der Waals surface area contributed by atoms with Crippen LogP contribution in [0, 0.1) is 0 Å². The van der Waals surface area contributed by atoms with Gasteiger partial charge in [0.1, 0.15) is 6.61 Å². The highest BCUT2D eigenvalue weighted by atomic mass is 16.6. The quantitative estimate of drug-likeness (QED) is 0.697. The molecule has 0 saturated carbocycles. The van der Waals surface area contributed by atoms with Gasteiger partial charge < -0.3 is 29.6 Å². The average Bonchev–Trinajstić information content (AvgIpc) is 2.70. The zero-order chi connectivity index (χ0) is 18.9. The van der Waals surface area contributed by atoms with Gasteiger partial charge in [0.2, 0.25) is 0 Å². The lowest BCUT2D eigenvalue weighted by molar-refractivity contribution is 0.0617. The molecule has 1 heterocycles. The molecule has 0 saturated heterocycles. The van der Waals surface area contributed by atoms with Gasteiger partial charge in [-0.25, -0.2) is 4.79 Å². The number of carbonyl (C=O) groups excluding carboxylic acids is 1. The molecule has 2 N–H and O–H groups in total. The van der Waals surface area contributed by atoms with Gasteiger partial charge in [-0.15, -0.1) is 0 Å². The number of amides is 2. The predicted octanol–water partition coefficient (Wildman–Crippen LogP) is 2.81. The summed E-state index contributed by atoms with van der Waals surface area (Å²) in [5.74, 6) is 1.42. The van der Waals surface area contributed by atoms with Crippen molar-refractivity contribution >= 4 is 11.7 Å². The van der Waals surface area contributed by atoms with E-state index in [9.17, 15) is 4.79 Å². The van der Waals surface area contributed by atoms with Crippen LogP contribution in [-0.2, 0) is 16.1 Å². The number of nitrogens with one attached hydrogen (secondary N) is 2. The van der Waals surface area contributed by atoms with Gasteiger partial charge in [-0.1, -0.05) is 24.3 Å². The Hall–Kier alpha value is -2.77. The van der Waals surface area contributed by atoms with E-state index in [1.165, 1.54) is 0 Å². The third-order valence-corrected chi connectivity index (χ3v) is 3.94. The van der Waals surface area contributed by atoms with Gasteiger partial charge in [0.05, 0.1) is 26.4 Å². The van der Waals surface area contributed by atoms with Crippen LogP contribution in [0.1, 0.15) is 5.56 Å². The Balaban J connectivity index is 1.43. The lowest BCUT2D eigenvalue weighted by Crippen LogP contribution is -2.42. The largest absolute Gasteiger partial charge is 0.486 e. The van der Waals surface area contributed by atoms with E-state index in [0.29, 0.717) is 44.4 Å². The van der Waals surface area contributed by atoms with Crippen molar-refractivity contribution < 1.29 is 23.7 Å². The first-order valence-electron chi connectivity index (χ1n) is 8.83. The zero-order valence-electron chi connectivity index (χ0n) is 15.3. The number of hydrogen-bond acceptors (Lipinski definition) is 5. The molecule has 144 valence electrons. The summed E-state index contributed by atoms with van der Waals surface area (Å²) < 4.78 is 21.9. The molecule has 0 aromatic heterocycles. The first-order chi connectivity index (χ1) is 13.2. The fourth-order valence-corrected chi connectivity index (χ4v) is 2.62. The second-order valence-electron chi connectivity index (χ2n) is 6.08. The monoisotopic (exact) mass is 372 g/mol. The third-order valence-electron chi connectivity index (χ3n) is 3.94. The topological polar surface area (TPSA) is 78.1 Å². The Morgan fingerprint density at radius 1 is 1.15 bits per heavy atom. The van der Waals surface area contributed by atoms with Gasteiger partial charge in [-0.2, -0.15) is 0 Å². The molecule has 7 heteroatoms. The highest BCUT2D eigenvalue weighted by Crippen LogP contribution is 2.30. The molecule has 0 spiro atoms. The first-order valence-corrected chi connectivity index (χ1v) is 8.83. The van der Waals surface area contributed by atoms with E-state index in [2.05, 4.69) is 10.6 Å². The molecular formula is C20H24N2O5. The van der Waals surface area contributed by atoms with E-state index < -0.39 is 0 Å². The lowest BCUT2D eigenvalue weighted by Gasteiger charge is -2.26. The van der Waals surface area contributed by atoms with Gasteiger partial charge in [-0.05, 0) is 29.8 Å². The Labute approximate surface area is 158 Å². The van der Waals surface area contributed by atoms with E-state index >= 15 is 0 Å². The number of hydrogen-bond donors (Lipinski definition) is 2. The summed E-state index contributed by atoms with van der Waals surface area (Å²) in [5.41, 5.74) is 1.68. The molecule has 0 aliphatic carbocycles. The maximum atomic E-state index is 12.1. The summed E-state index contributed by atoms with van der Waals surface area (Å²) in [6.07, 6.45) is -0.230. The van der Waals surface area contributed by atoms with Crippen molar-refractivity contribution in [3.8, 4) is 11.5 Å². The van der Waals surface area contributed by atoms with Crippen molar-refractivity contribution in [2.45, 2.75) is 12.7 Å². The summed E-state index contributed by atoms with van der Waals surface area (Å²) in [4.78, 5) is 12.1. The summed E-state index contributed by atoms with van der Waals surface area (Å²) in [6.45, 7) is 2.29. The standard InChI is InChI=1S/C20H24N2O5/c1-24-9-10-25-13-15-5-4-6-16(11-15)22-20(23)21-12-17-14-26-18-7-2-3-8-19(18)27-17/h2-8,11,17H,9-10,12-14H2,1H3,(H2,21,22,23)/t17-/m1/s1. The Morgan fingerprint density at radius 3 is 2.85 bits per heavy atom. The molecule has 0 radical (unpaired) electrons. The van der Waals surface area contributed by atoms with Gasteiger partial charge in [0.15, 0.2) is 17.6 Å². The van der Waals surface area contributed by atoms with E-state index in [1.54, 1.807) is 7.11 Å². The molecule has 0 unspecified atom stereocenters. The summed E-state index contributed by atoms with van der Waals surface area (Å²) in [6, 6.07) is 14.7. The molecular weight excluding hydrogens is 348 g/mol. The highest BCUT2D eigenvalue weighted by Gasteiger charge is 2.20. The summed E-state index contributed by atoms with van der Waals surface area (Å²) >= 11 is 0. The van der Waals surface area contributed by atoms with Crippen molar-refractivity contribution in [2.24, 2.45) is 0 Å². The Morgan fingerprint density at radius 2 is 2.00 bits per heavy atom. The molecule has 2 amide bonds. The van der Waals surface area contributed by atoms with E-state index in [4.69, 9.17) is 18.9 Å². The zero-order valence-corrected chi connectivity index (χ0v) is 15.3. The fraction of sp³-hybridized carbons (Fsp3) is 0.350. The minimum Gasteiger partial charge on any atom is -0.486 e. The molecule has 2 aromatic carbocycles. The number of benzene rings is 2. The molecule has 0 fully saturated rings. The second kappa shape index (κ2) is 9.80. The molecule has 1 aliphatic rings. The van der Waals surface area contributed by atoms with Gasteiger partial charge in [0.25, 0.3) is 0 Å². The maximum absolute atomic E-state index is 12.1. The average molecular weight is 372 g/mol. The highest BCUT2D eigenvalue weighted by molar-refractivity contribution is 5.89. The number of methoxy groups -OCH3 is 1. The van der Waals surface area contributed by atoms with Gasteiger partial charge >= 0.3 is 6.03 Å². The van der Waals surface area contributed by atoms with Crippen LogP contribution in [0.2, 0.25) is 0 Å². The third kappa shape index (κ3) is 5.87. The predicted molar refractivity (Wildman–Crippen MR) is 101 cm³/mol. The van der Waals surface area contributed by atoms with Crippen LogP contribution in [0.15, 0.2) is 48.5 Å². The van der Waals surface area contributed by atoms with Crippen LogP contribution in [0.4, 0.5) is 10.5 Å². The minimum atomic E-state index is -0.296. The second-order valence-corrected chi connectivity index (χ2v) is 6.08. The number of fused-ring (bicyclic) bond motifs is 1. The molecule has 2 aromatic rings. The van der Waals surface area contributed by atoms with Gasteiger partial charge in [-0.3, -0.25) is 0 Å². The van der Waals surface area contributed by atoms with Crippen molar-refractivity contribution in [2.75, 3.05) is 38.8 Å². The molecule has 27 heavy (non-hydrogen) atoms.